The van der Waals surface area contributed by atoms with Gasteiger partial charge in [-0.3, -0.25) is 4.90 Å². The van der Waals surface area contributed by atoms with Crippen LogP contribution in [0.3, 0.4) is 0 Å². The number of nitrogens with zero attached hydrogens (tertiary/aromatic N) is 3. The summed E-state index contributed by atoms with van der Waals surface area (Å²) in [5.41, 5.74) is 0. The summed E-state index contributed by atoms with van der Waals surface area (Å²) in [4.78, 5) is 2.36. The van der Waals surface area contributed by atoms with E-state index in [1.165, 1.54) is 44.9 Å². The van der Waals surface area contributed by atoms with Crippen molar-refractivity contribution in [3.63, 3.8) is 0 Å². The topological polar surface area (TPSA) is 43.7 Å². The normalized spacial score (nSPS) is 14.7. The Labute approximate surface area is 208 Å². The third kappa shape index (κ3) is 13.5. The molecule has 0 fully saturated rings. The Hall–Kier alpha value is -0.200. The van der Waals surface area contributed by atoms with Crippen molar-refractivity contribution in [1.82, 2.24) is 4.90 Å². The van der Waals surface area contributed by atoms with E-state index in [2.05, 4.69) is 53.4 Å². The van der Waals surface area contributed by atoms with Crippen LogP contribution in [0.1, 0.15) is 99.8 Å². The molecule has 5 heteroatoms. The maximum Gasteiger partial charge on any atom is 0.115 e. The van der Waals surface area contributed by atoms with Crippen molar-refractivity contribution in [3.05, 3.63) is 0 Å². The molecule has 2 unspecified atom stereocenters. The molecule has 0 aromatic heterocycles. The quantitative estimate of drug-likeness (QED) is 0.164. The highest BCUT2D eigenvalue weighted by Gasteiger charge is 2.29. The number of likely N-dealkylation sites (N-methyl/N-ethyl adjacent to an activating group) is 2. The molecule has 0 radical (unpaired) electrons. The Morgan fingerprint density at radius 1 is 0.515 bits per heavy atom. The van der Waals surface area contributed by atoms with E-state index in [9.17, 15) is 10.2 Å². The minimum absolute atomic E-state index is 0.339. The minimum atomic E-state index is -0.339. The number of quaternary nitrogens is 2. The van der Waals surface area contributed by atoms with Crippen LogP contribution < -0.4 is 0 Å². The molecule has 0 aromatic rings. The smallest absolute Gasteiger partial charge is 0.115 e. The standard InChI is InChI=1S/C28H63N3O2/c1-8-15-16-17-18-19-20-21-22-29(23-27(32)25-30(9-2,10-3)11-4)24-28(33)26-31(12-5,13-6)14-7/h27-28,32-33H,8-26H2,1-7H3/q+2. The van der Waals surface area contributed by atoms with Crippen molar-refractivity contribution >= 4 is 0 Å². The van der Waals surface area contributed by atoms with E-state index in [-0.39, 0.29) is 12.2 Å². The van der Waals surface area contributed by atoms with E-state index in [1.54, 1.807) is 0 Å². The van der Waals surface area contributed by atoms with Crippen LogP contribution in [0, 0.1) is 0 Å². The first-order chi connectivity index (χ1) is 15.8. The second-order valence-electron chi connectivity index (χ2n) is 10.5. The van der Waals surface area contributed by atoms with Crippen LogP contribution in [0.15, 0.2) is 0 Å². The third-order valence-corrected chi connectivity index (χ3v) is 8.49. The van der Waals surface area contributed by atoms with Crippen LogP contribution in [-0.4, -0.2) is 108 Å². The van der Waals surface area contributed by atoms with Crippen molar-refractivity contribution < 1.29 is 19.2 Å². The Kier molecular flexibility index (Phi) is 18.9. The van der Waals surface area contributed by atoms with Crippen LogP contribution in [-0.2, 0) is 0 Å². The van der Waals surface area contributed by atoms with E-state index in [1.807, 2.05) is 0 Å². The molecule has 0 aliphatic carbocycles. The van der Waals surface area contributed by atoms with Gasteiger partial charge in [-0.25, -0.2) is 0 Å². The van der Waals surface area contributed by atoms with Crippen LogP contribution in [0.25, 0.3) is 0 Å². The summed E-state index contributed by atoms with van der Waals surface area (Å²) in [6.07, 6.45) is 9.81. The van der Waals surface area contributed by atoms with E-state index in [0.29, 0.717) is 13.1 Å². The Morgan fingerprint density at radius 3 is 1.18 bits per heavy atom. The second-order valence-corrected chi connectivity index (χ2v) is 10.5. The molecule has 33 heavy (non-hydrogen) atoms. The first-order valence-electron chi connectivity index (χ1n) is 14.6. The molecule has 2 atom stereocenters. The number of unbranched alkanes of at least 4 members (excludes halogenated alkanes) is 7. The summed E-state index contributed by atoms with van der Waals surface area (Å²) < 4.78 is 1.94. The largest absolute Gasteiger partial charge is 0.386 e. The van der Waals surface area contributed by atoms with Crippen molar-refractivity contribution in [2.45, 2.75) is 112 Å². The summed E-state index contributed by atoms with van der Waals surface area (Å²) in [7, 11) is 0. The summed E-state index contributed by atoms with van der Waals surface area (Å²) in [5, 5.41) is 22.0. The molecule has 0 saturated carbocycles. The van der Waals surface area contributed by atoms with Gasteiger partial charge in [-0.15, -0.1) is 0 Å². The maximum absolute atomic E-state index is 11.0. The molecular weight excluding hydrogens is 410 g/mol. The fraction of sp³-hybridized carbons (Fsp3) is 1.00. The molecule has 0 aliphatic rings. The number of aliphatic hydroxyl groups is 2. The number of aliphatic hydroxyl groups excluding tert-OH is 2. The van der Waals surface area contributed by atoms with Crippen molar-refractivity contribution in [1.29, 1.82) is 0 Å². The molecule has 0 amide bonds. The van der Waals surface area contributed by atoms with Crippen molar-refractivity contribution in [2.75, 3.05) is 72.0 Å². The zero-order valence-corrected chi connectivity index (χ0v) is 23.8. The molecule has 0 bridgehead atoms. The van der Waals surface area contributed by atoms with Crippen LogP contribution in [0.5, 0.6) is 0 Å². The average molecular weight is 474 g/mol. The number of hydrogen-bond acceptors (Lipinski definition) is 3. The molecule has 0 aliphatic heterocycles. The summed E-state index contributed by atoms with van der Waals surface area (Å²) >= 11 is 0. The van der Waals surface area contributed by atoms with E-state index in [4.69, 9.17) is 0 Å². The molecule has 2 N–H and O–H groups in total. The zero-order chi connectivity index (χ0) is 25.2. The summed E-state index contributed by atoms with van der Waals surface area (Å²) in [6.45, 7) is 26.0. The van der Waals surface area contributed by atoms with Gasteiger partial charge in [0.15, 0.2) is 0 Å². The highest BCUT2D eigenvalue weighted by Crippen LogP contribution is 2.13. The lowest BCUT2D eigenvalue weighted by molar-refractivity contribution is -0.926. The molecule has 5 nitrogen and oxygen atoms in total. The van der Waals surface area contributed by atoms with Gasteiger partial charge >= 0.3 is 0 Å². The van der Waals surface area contributed by atoms with Crippen LogP contribution in [0.2, 0.25) is 0 Å². The highest BCUT2D eigenvalue weighted by molar-refractivity contribution is 4.70. The summed E-state index contributed by atoms with van der Waals surface area (Å²) in [6, 6.07) is 0. The fourth-order valence-corrected chi connectivity index (χ4v) is 5.45. The average Bonchev–Trinajstić information content (AvgIpc) is 2.82. The molecule has 0 aromatic carbocycles. The van der Waals surface area contributed by atoms with Crippen molar-refractivity contribution in [3.8, 4) is 0 Å². The second kappa shape index (κ2) is 19.0. The van der Waals surface area contributed by atoms with Gasteiger partial charge in [0.05, 0.1) is 39.3 Å². The first-order valence-corrected chi connectivity index (χ1v) is 14.6. The Balaban J connectivity index is 4.90. The number of hydrogen-bond donors (Lipinski definition) is 2. The predicted molar refractivity (Wildman–Crippen MR) is 145 cm³/mol. The SMILES string of the molecule is CCCCCCCCCCN(CC(O)C[N+](CC)(CC)CC)CC(O)C[N+](CC)(CC)CC. The molecule has 200 valence electrons. The molecule has 0 rings (SSSR count). The van der Waals surface area contributed by atoms with Crippen LogP contribution >= 0.6 is 0 Å². The molecule has 0 heterocycles. The van der Waals surface area contributed by atoms with Gasteiger partial charge in [0.2, 0.25) is 0 Å². The van der Waals surface area contributed by atoms with E-state index >= 15 is 0 Å². The Bertz CT molecular complexity index is 392. The van der Waals surface area contributed by atoms with Gasteiger partial charge in [-0.2, -0.15) is 0 Å². The first kappa shape index (κ1) is 32.8. The fourth-order valence-electron chi connectivity index (χ4n) is 5.45. The minimum Gasteiger partial charge on any atom is -0.386 e. The van der Waals surface area contributed by atoms with Gasteiger partial charge in [-0.1, -0.05) is 51.9 Å². The van der Waals surface area contributed by atoms with Gasteiger partial charge in [0.1, 0.15) is 25.3 Å². The summed E-state index contributed by atoms with van der Waals surface area (Å²) in [5.74, 6) is 0. The van der Waals surface area contributed by atoms with Gasteiger partial charge in [-0.05, 0) is 54.5 Å². The molecular formula is C28H63N3O2+2. The van der Waals surface area contributed by atoms with Crippen LogP contribution in [0.4, 0.5) is 0 Å². The lowest BCUT2D eigenvalue weighted by Gasteiger charge is -2.40. The Morgan fingerprint density at radius 2 is 0.848 bits per heavy atom. The highest BCUT2D eigenvalue weighted by atomic mass is 16.3. The zero-order valence-electron chi connectivity index (χ0n) is 23.8. The monoisotopic (exact) mass is 473 g/mol. The predicted octanol–water partition coefficient (Wildman–Crippen LogP) is 4.90. The van der Waals surface area contributed by atoms with Gasteiger partial charge in [0.25, 0.3) is 0 Å². The third-order valence-electron chi connectivity index (χ3n) is 8.49. The van der Waals surface area contributed by atoms with Gasteiger partial charge in [0, 0.05) is 13.1 Å². The molecule has 0 saturated heterocycles. The van der Waals surface area contributed by atoms with Crippen molar-refractivity contribution in [2.24, 2.45) is 0 Å². The van der Waals surface area contributed by atoms with E-state index in [0.717, 1.165) is 74.3 Å². The lowest BCUT2D eigenvalue weighted by Crippen LogP contribution is -2.56. The number of rotatable bonds is 23. The van der Waals surface area contributed by atoms with Gasteiger partial charge < -0.3 is 19.2 Å². The molecule has 0 spiro atoms. The lowest BCUT2D eigenvalue weighted by atomic mass is 10.1. The maximum atomic E-state index is 11.0. The van der Waals surface area contributed by atoms with E-state index < -0.39 is 0 Å².